The maximum atomic E-state index is 13.2. The van der Waals surface area contributed by atoms with E-state index in [1.807, 2.05) is 35.5 Å². The molecule has 0 atom stereocenters. The van der Waals surface area contributed by atoms with Crippen LogP contribution in [0, 0.1) is 22.7 Å². The number of benzene rings is 1. The molecular formula is C37H38N12O2. The predicted octanol–water partition coefficient (Wildman–Crippen LogP) is 4.16. The van der Waals surface area contributed by atoms with Gasteiger partial charge in [-0.15, -0.1) is 0 Å². The van der Waals surface area contributed by atoms with Gasteiger partial charge in [0.25, 0.3) is 5.91 Å². The number of nitriles is 2. The molecule has 2 amide bonds. The molecule has 2 saturated carbocycles. The minimum Gasteiger partial charge on any atom is -0.352 e. The molecule has 14 nitrogen and oxygen atoms in total. The van der Waals surface area contributed by atoms with Gasteiger partial charge in [0.05, 0.1) is 45.1 Å². The number of nitrogens with one attached hydrogen (secondary N) is 2. The molecule has 51 heavy (non-hydrogen) atoms. The van der Waals surface area contributed by atoms with Crippen LogP contribution in [-0.4, -0.2) is 102 Å². The quantitative estimate of drug-likeness (QED) is 0.247. The Morgan fingerprint density at radius 2 is 1.31 bits per heavy atom. The summed E-state index contributed by atoms with van der Waals surface area (Å²) in [5.41, 5.74) is 2.41. The summed E-state index contributed by atoms with van der Waals surface area (Å²) in [5, 5.41) is 20.0. The van der Waals surface area contributed by atoms with Gasteiger partial charge in [0.1, 0.15) is 35.6 Å². The van der Waals surface area contributed by atoms with Gasteiger partial charge in [-0.3, -0.25) is 9.59 Å². The molecule has 2 aliphatic carbocycles. The van der Waals surface area contributed by atoms with E-state index in [-0.39, 0.29) is 22.9 Å². The highest BCUT2D eigenvalue weighted by atomic mass is 16.2. The Morgan fingerprint density at radius 1 is 0.745 bits per heavy atom. The maximum Gasteiger partial charge on any atom is 0.255 e. The molecule has 14 heteroatoms. The first kappa shape index (κ1) is 32.2. The number of hydrogen-bond acceptors (Lipinski definition) is 10. The van der Waals surface area contributed by atoms with E-state index in [1.165, 1.54) is 0 Å². The van der Waals surface area contributed by atoms with Crippen LogP contribution in [0.1, 0.15) is 60.9 Å². The van der Waals surface area contributed by atoms with E-state index in [1.54, 1.807) is 30.9 Å². The molecule has 2 N–H and O–H groups in total. The van der Waals surface area contributed by atoms with E-state index >= 15 is 0 Å². The first-order valence-corrected chi connectivity index (χ1v) is 17.5. The van der Waals surface area contributed by atoms with Gasteiger partial charge in [0.2, 0.25) is 5.91 Å². The number of aromatic amines is 2. The summed E-state index contributed by atoms with van der Waals surface area (Å²) in [6.07, 6.45) is 12.6. The van der Waals surface area contributed by atoms with Crippen LogP contribution in [0.4, 0.5) is 11.6 Å². The Balaban J connectivity index is 0.000000148. The Bertz CT molecular complexity index is 2190. The molecular weight excluding hydrogens is 644 g/mol. The molecule has 2 saturated heterocycles. The van der Waals surface area contributed by atoms with Crippen molar-refractivity contribution in [2.24, 2.45) is 0 Å². The Hall–Kier alpha value is -6.02. The van der Waals surface area contributed by atoms with Crippen molar-refractivity contribution in [2.75, 3.05) is 49.1 Å². The lowest BCUT2D eigenvalue weighted by Gasteiger charge is -2.43. The van der Waals surface area contributed by atoms with Crippen molar-refractivity contribution in [3.63, 3.8) is 0 Å². The molecule has 4 aliphatic rings. The number of amides is 2. The number of unbranched alkanes of at least 4 members (excludes halogenated alkanes) is 1. The largest absolute Gasteiger partial charge is 0.352 e. The van der Waals surface area contributed by atoms with Crippen molar-refractivity contribution in [3.8, 4) is 12.1 Å². The van der Waals surface area contributed by atoms with Crippen molar-refractivity contribution < 1.29 is 9.59 Å². The smallest absolute Gasteiger partial charge is 0.255 e. The minimum absolute atomic E-state index is 0.0322. The fourth-order valence-corrected chi connectivity index (χ4v) is 7.76. The third-order valence-electron chi connectivity index (χ3n) is 10.7. The zero-order valence-corrected chi connectivity index (χ0v) is 28.3. The number of aromatic nitrogens is 6. The second-order valence-corrected chi connectivity index (χ2v) is 13.8. The molecule has 2 spiro atoms. The summed E-state index contributed by atoms with van der Waals surface area (Å²) in [6, 6.07) is 15.3. The van der Waals surface area contributed by atoms with Gasteiger partial charge in [-0.05, 0) is 56.4 Å². The molecule has 0 bridgehead atoms. The monoisotopic (exact) mass is 682 g/mol. The average molecular weight is 683 g/mol. The highest BCUT2D eigenvalue weighted by molar-refractivity contribution is 5.98. The van der Waals surface area contributed by atoms with E-state index in [0.29, 0.717) is 43.5 Å². The molecule has 1 aromatic carbocycles. The highest BCUT2D eigenvalue weighted by Gasteiger charge is 2.54. The van der Waals surface area contributed by atoms with E-state index < -0.39 is 0 Å². The average Bonchev–Trinajstić information content (AvgIpc) is 3.96. The van der Waals surface area contributed by atoms with Crippen molar-refractivity contribution in [1.29, 1.82) is 10.5 Å². The Morgan fingerprint density at radius 3 is 1.88 bits per heavy atom. The molecule has 4 aromatic heterocycles. The van der Waals surface area contributed by atoms with Crippen LogP contribution in [-0.2, 0) is 4.79 Å². The standard InChI is InChI=1S/C20H18N6O.C17H20N6O/c21-11-14-3-1-2-4-15(14)19(27)26-10-9-25(12-20(26)6-7-20)18-16-5-8-22-17(16)23-13-24-18;18-7-2-1-3-14(24)23-10-9-22(11-17(23)5-6-17)16-13-4-8-19-15(13)20-12-21-16/h1-5,8,13H,6-7,9-10,12H2,(H,22,23,24);4,8,12H,1-3,5-6,9-11H2,(H,19,20,21). The minimum atomic E-state index is -0.161. The summed E-state index contributed by atoms with van der Waals surface area (Å²) >= 11 is 0. The molecule has 0 radical (unpaired) electrons. The van der Waals surface area contributed by atoms with Gasteiger partial charge in [-0.25, -0.2) is 19.9 Å². The Kier molecular flexibility index (Phi) is 8.22. The third-order valence-corrected chi connectivity index (χ3v) is 10.7. The number of nitrogens with zero attached hydrogens (tertiary/aromatic N) is 10. The molecule has 9 rings (SSSR count). The topological polar surface area (TPSA) is 178 Å². The molecule has 6 heterocycles. The summed E-state index contributed by atoms with van der Waals surface area (Å²) < 4.78 is 0. The second-order valence-electron chi connectivity index (χ2n) is 13.8. The summed E-state index contributed by atoms with van der Waals surface area (Å²) in [4.78, 5) is 58.0. The fraction of sp³-hybridized carbons (Fsp3) is 0.405. The van der Waals surface area contributed by atoms with Crippen molar-refractivity contribution in [2.45, 2.75) is 56.0 Å². The lowest BCUT2D eigenvalue weighted by atomic mass is 10.0. The normalized spacial score (nSPS) is 18.3. The van der Waals surface area contributed by atoms with E-state index in [0.717, 1.165) is 85.6 Å². The summed E-state index contributed by atoms with van der Waals surface area (Å²) in [7, 11) is 0. The first-order valence-electron chi connectivity index (χ1n) is 17.5. The zero-order chi connectivity index (χ0) is 35.0. The summed E-state index contributed by atoms with van der Waals surface area (Å²) in [6.45, 7) is 4.41. The fourth-order valence-electron chi connectivity index (χ4n) is 7.76. The molecule has 258 valence electrons. The summed E-state index contributed by atoms with van der Waals surface area (Å²) in [5.74, 6) is 2.01. The number of fused-ring (bicyclic) bond motifs is 2. The number of H-pyrrole nitrogens is 2. The lowest BCUT2D eigenvalue weighted by molar-refractivity contribution is -0.135. The maximum absolute atomic E-state index is 13.2. The van der Waals surface area contributed by atoms with Gasteiger partial charge < -0.3 is 29.6 Å². The van der Waals surface area contributed by atoms with Gasteiger partial charge in [0, 0.05) is 64.5 Å². The number of anilines is 2. The second kappa shape index (κ2) is 13.0. The van der Waals surface area contributed by atoms with Crippen LogP contribution in [0.25, 0.3) is 22.1 Å². The van der Waals surface area contributed by atoms with Crippen molar-refractivity contribution in [3.05, 3.63) is 72.6 Å². The van der Waals surface area contributed by atoms with Gasteiger partial charge in [-0.1, -0.05) is 12.1 Å². The lowest BCUT2D eigenvalue weighted by Crippen LogP contribution is -2.57. The van der Waals surface area contributed by atoms with Crippen molar-refractivity contribution >= 4 is 45.5 Å². The highest BCUT2D eigenvalue weighted by Crippen LogP contribution is 2.47. The third kappa shape index (κ3) is 5.97. The van der Waals surface area contributed by atoms with Gasteiger partial charge in [0.15, 0.2) is 0 Å². The van der Waals surface area contributed by atoms with Gasteiger partial charge in [-0.2, -0.15) is 10.5 Å². The van der Waals surface area contributed by atoms with Crippen LogP contribution >= 0.6 is 0 Å². The van der Waals surface area contributed by atoms with E-state index in [2.05, 4.69) is 56.7 Å². The van der Waals surface area contributed by atoms with Crippen molar-refractivity contribution in [1.82, 2.24) is 39.7 Å². The van der Waals surface area contributed by atoms with E-state index in [4.69, 9.17) is 5.26 Å². The van der Waals surface area contributed by atoms with Crippen LogP contribution in [0.3, 0.4) is 0 Å². The molecule has 4 fully saturated rings. The molecule has 0 unspecified atom stereocenters. The number of carbonyl (C=O) groups is 2. The van der Waals surface area contributed by atoms with Crippen LogP contribution in [0.2, 0.25) is 0 Å². The number of rotatable bonds is 6. The molecule has 2 aliphatic heterocycles. The molecule has 5 aromatic rings. The SMILES string of the molecule is N#CCCCC(=O)N1CCN(c2ncnc3[nH]ccc23)CC12CC2.N#Cc1ccccc1C(=O)N1CCN(c2ncnc3[nH]ccc23)CC12CC2. The van der Waals surface area contributed by atoms with Crippen LogP contribution in [0.5, 0.6) is 0 Å². The zero-order valence-electron chi connectivity index (χ0n) is 28.3. The van der Waals surface area contributed by atoms with E-state index in [9.17, 15) is 14.9 Å². The number of hydrogen-bond donors (Lipinski definition) is 2. The van der Waals surface area contributed by atoms with Gasteiger partial charge >= 0.3 is 0 Å². The Labute approximate surface area is 294 Å². The van der Waals surface area contributed by atoms with Crippen LogP contribution < -0.4 is 9.80 Å². The predicted molar refractivity (Wildman–Crippen MR) is 190 cm³/mol. The number of carbonyl (C=O) groups excluding carboxylic acids is 2. The first-order chi connectivity index (χ1) is 24.9. The number of piperazine rings is 2. The van der Waals surface area contributed by atoms with Crippen LogP contribution in [0.15, 0.2) is 61.4 Å².